The number of aliphatic hydroxyl groups excluding tert-OH is 1. The number of ether oxygens (including phenoxy) is 2. The summed E-state index contributed by atoms with van der Waals surface area (Å²) in [6.45, 7) is 8.88. The van der Waals surface area contributed by atoms with Gasteiger partial charge in [0, 0.05) is 30.7 Å². The van der Waals surface area contributed by atoms with Gasteiger partial charge in [-0.2, -0.15) is 0 Å². The van der Waals surface area contributed by atoms with Crippen LogP contribution >= 0.6 is 0 Å². The zero-order valence-electron chi connectivity index (χ0n) is 17.0. The molecule has 1 fully saturated rings. The molecule has 1 aromatic carbocycles. The molecule has 1 aliphatic heterocycles. The molecule has 1 aliphatic rings. The third kappa shape index (κ3) is 3.96. The average molecular weight is 374 g/mol. The molecule has 6 nitrogen and oxygen atoms in total. The number of benzene rings is 1. The van der Waals surface area contributed by atoms with E-state index in [0.29, 0.717) is 11.6 Å². The van der Waals surface area contributed by atoms with E-state index in [9.17, 15) is 5.11 Å². The number of nitrogens with zero attached hydrogens (tertiary/aromatic N) is 2. The standard InChI is InChI=1S/C21H30N2O4/c1-14-18(25-4)8-7-16(19(14)26-5)20-22-17(15(2)27-20)11-23-10-6-9-21(3,12-23)13-24/h7-8,24H,6,9-13H2,1-5H3/t21-/m0/s1. The van der Waals surface area contributed by atoms with Crippen LogP contribution in [0.1, 0.15) is 36.8 Å². The molecule has 27 heavy (non-hydrogen) atoms. The molecule has 1 aromatic heterocycles. The van der Waals surface area contributed by atoms with E-state index in [0.717, 1.165) is 60.8 Å². The lowest BCUT2D eigenvalue weighted by Crippen LogP contribution is -2.43. The molecule has 0 bridgehead atoms. The molecule has 0 radical (unpaired) electrons. The first-order chi connectivity index (χ1) is 12.9. The van der Waals surface area contributed by atoms with Gasteiger partial charge in [0.1, 0.15) is 17.3 Å². The Kier molecular flexibility index (Phi) is 5.77. The zero-order valence-corrected chi connectivity index (χ0v) is 17.0. The van der Waals surface area contributed by atoms with Crippen LogP contribution in [0, 0.1) is 19.3 Å². The number of oxazole rings is 1. The lowest BCUT2D eigenvalue weighted by molar-refractivity contribution is 0.0422. The summed E-state index contributed by atoms with van der Waals surface area (Å²) >= 11 is 0. The lowest BCUT2D eigenvalue weighted by atomic mass is 9.83. The van der Waals surface area contributed by atoms with Crippen molar-refractivity contribution in [2.75, 3.05) is 33.9 Å². The molecule has 0 unspecified atom stereocenters. The van der Waals surface area contributed by atoms with E-state index >= 15 is 0 Å². The van der Waals surface area contributed by atoms with Crippen molar-refractivity contribution < 1.29 is 19.0 Å². The van der Waals surface area contributed by atoms with Crippen molar-refractivity contribution in [1.29, 1.82) is 0 Å². The van der Waals surface area contributed by atoms with E-state index in [1.54, 1.807) is 14.2 Å². The number of likely N-dealkylation sites (tertiary alicyclic amines) is 1. The van der Waals surface area contributed by atoms with E-state index in [4.69, 9.17) is 18.9 Å². The molecule has 2 aromatic rings. The molecule has 1 N–H and O–H groups in total. The highest BCUT2D eigenvalue weighted by atomic mass is 16.5. The number of hydrogen-bond acceptors (Lipinski definition) is 6. The fourth-order valence-corrected chi connectivity index (χ4v) is 3.92. The van der Waals surface area contributed by atoms with E-state index < -0.39 is 0 Å². The van der Waals surface area contributed by atoms with Crippen molar-refractivity contribution in [3.05, 3.63) is 29.2 Å². The van der Waals surface area contributed by atoms with Gasteiger partial charge in [-0.1, -0.05) is 6.92 Å². The van der Waals surface area contributed by atoms with Crippen LogP contribution in [-0.2, 0) is 6.54 Å². The number of rotatable bonds is 6. The minimum Gasteiger partial charge on any atom is -0.496 e. The van der Waals surface area contributed by atoms with Gasteiger partial charge in [-0.3, -0.25) is 4.90 Å². The van der Waals surface area contributed by atoms with Crippen molar-refractivity contribution in [2.45, 2.75) is 40.2 Å². The maximum Gasteiger partial charge on any atom is 0.230 e. The quantitative estimate of drug-likeness (QED) is 0.834. The Balaban J connectivity index is 1.86. The second-order valence-corrected chi connectivity index (χ2v) is 7.78. The van der Waals surface area contributed by atoms with Gasteiger partial charge < -0.3 is 19.0 Å². The van der Waals surface area contributed by atoms with Gasteiger partial charge in [-0.25, -0.2) is 4.98 Å². The highest BCUT2D eigenvalue weighted by Crippen LogP contribution is 2.38. The van der Waals surface area contributed by atoms with Crippen LogP contribution in [0.15, 0.2) is 16.5 Å². The Bertz CT molecular complexity index is 802. The van der Waals surface area contributed by atoms with Crippen LogP contribution in [0.3, 0.4) is 0 Å². The first-order valence-corrected chi connectivity index (χ1v) is 9.42. The van der Waals surface area contributed by atoms with Gasteiger partial charge >= 0.3 is 0 Å². The van der Waals surface area contributed by atoms with Crippen LogP contribution in [0.4, 0.5) is 0 Å². The van der Waals surface area contributed by atoms with Crippen LogP contribution in [0.5, 0.6) is 11.5 Å². The zero-order chi connectivity index (χ0) is 19.6. The Morgan fingerprint density at radius 1 is 1.26 bits per heavy atom. The Morgan fingerprint density at radius 2 is 2.04 bits per heavy atom. The van der Waals surface area contributed by atoms with E-state index in [1.165, 1.54) is 0 Å². The van der Waals surface area contributed by atoms with Gasteiger partial charge in [-0.05, 0) is 45.4 Å². The largest absolute Gasteiger partial charge is 0.496 e. The number of aliphatic hydroxyl groups is 1. The molecule has 6 heteroatoms. The second kappa shape index (κ2) is 7.90. The summed E-state index contributed by atoms with van der Waals surface area (Å²) < 4.78 is 17.0. The molecular formula is C21H30N2O4. The van der Waals surface area contributed by atoms with Gasteiger partial charge in [0.05, 0.1) is 25.5 Å². The van der Waals surface area contributed by atoms with Crippen molar-refractivity contribution in [1.82, 2.24) is 9.88 Å². The van der Waals surface area contributed by atoms with Crippen LogP contribution < -0.4 is 9.47 Å². The van der Waals surface area contributed by atoms with Gasteiger partial charge in [0.25, 0.3) is 0 Å². The molecule has 2 heterocycles. The molecule has 0 aliphatic carbocycles. The summed E-state index contributed by atoms with van der Waals surface area (Å²) in [4.78, 5) is 7.11. The van der Waals surface area contributed by atoms with Crippen molar-refractivity contribution in [3.63, 3.8) is 0 Å². The number of hydrogen-bond donors (Lipinski definition) is 1. The molecule has 0 spiro atoms. The van der Waals surface area contributed by atoms with Crippen molar-refractivity contribution in [2.24, 2.45) is 5.41 Å². The summed E-state index contributed by atoms with van der Waals surface area (Å²) in [7, 11) is 3.29. The molecule has 0 saturated carbocycles. The summed E-state index contributed by atoms with van der Waals surface area (Å²) in [6, 6.07) is 3.83. The molecular weight excluding hydrogens is 344 g/mol. The minimum atomic E-state index is -0.0327. The smallest absolute Gasteiger partial charge is 0.230 e. The number of aromatic nitrogens is 1. The number of aryl methyl sites for hydroxylation is 1. The highest BCUT2D eigenvalue weighted by molar-refractivity contribution is 5.68. The maximum absolute atomic E-state index is 9.68. The SMILES string of the molecule is COc1ccc(-c2nc(CN3CCC[C@](C)(CO)C3)c(C)o2)c(OC)c1C. The highest BCUT2D eigenvalue weighted by Gasteiger charge is 2.31. The molecule has 1 atom stereocenters. The number of methoxy groups -OCH3 is 2. The third-order valence-corrected chi connectivity index (χ3v) is 5.52. The van der Waals surface area contributed by atoms with Gasteiger partial charge in [-0.15, -0.1) is 0 Å². The number of piperidine rings is 1. The van der Waals surface area contributed by atoms with Crippen LogP contribution in [0.2, 0.25) is 0 Å². The summed E-state index contributed by atoms with van der Waals surface area (Å²) in [5.41, 5.74) is 2.64. The first-order valence-electron chi connectivity index (χ1n) is 9.42. The summed E-state index contributed by atoms with van der Waals surface area (Å²) in [5.74, 6) is 2.87. The van der Waals surface area contributed by atoms with Crippen molar-refractivity contribution in [3.8, 4) is 23.0 Å². The first kappa shape index (κ1) is 19.7. The molecule has 3 rings (SSSR count). The average Bonchev–Trinajstić information content (AvgIpc) is 3.01. The predicted octanol–water partition coefficient (Wildman–Crippen LogP) is 3.57. The topological polar surface area (TPSA) is 68.0 Å². The van der Waals surface area contributed by atoms with E-state index in [2.05, 4.69) is 11.8 Å². The predicted molar refractivity (Wildman–Crippen MR) is 104 cm³/mol. The fraction of sp³-hybridized carbons (Fsp3) is 0.571. The molecule has 1 saturated heterocycles. The van der Waals surface area contributed by atoms with E-state index in [-0.39, 0.29) is 12.0 Å². The third-order valence-electron chi connectivity index (χ3n) is 5.52. The molecule has 148 valence electrons. The lowest BCUT2D eigenvalue weighted by Gasteiger charge is -2.39. The van der Waals surface area contributed by atoms with E-state index in [1.807, 2.05) is 26.0 Å². The van der Waals surface area contributed by atoms with Crippen LogP contribution in [0.25, 0.3) is 11.5 Å². The second-order valence-electron chi connectivity index (χ2n) is 7.78. The normalized spacial score (nSPS) is 20.7. The molecule has 0 amide bonds. The Morgan fingerprint density at radius 3 is 2.70 bits per heavy atom. The Labute approximate surface area is 161 Å². The van der Waals surface area contributed by atoms with Crippen molar-refractivity contribution >= 4 is 0 Å². The van der Waals surface area contributed by atoms with Crippen LogP contribution in [-0.4, -0.2) is 48.9 Å². The summed E-state index contributed by atoms with van der Waals surface area (Å²) in [6.07, 6.45) is 2.15. The maximum atomic E-state index is 9.68. The van der Waals surface area contributed by atoms with Gasteiger partial charge in [0.2, 0.25) is 5.89 Å². The van der Waals surface area contributed by atoms with Gasteiger partial charge in [0.15, 0.2) is 0 Å². The summed E-state index contributed by atoms with van der Waals surface area (Å²) in [5, 5.41) is 9.68. The Hall–Kier alpha value is -2.05. The monoisotopic (exact) mass is 374 g/mol. The minimum absolute atomic E-state index is 0.0327. The fourth-order valence-electron chi connectivity index (χ4n) is 3.92.